The Balaban J connectivity index is 1.24. The summed E-state index contributed by atoms with van der Waals surface area (Å²) in [6.45, 7) is 5.00. The molecule has 6 N–H and O–H groups in total. The van der Waals surface area contributed by atoms with Crippen molar-refractivity contribution in [3.05, 3.63) is 94.5 Å². The quantitative estimate of drug-likeness (QED) is 0.125. The predicted octanol–water partition coefficient (Wildman–Crippen LogP) is 2.81. The van der Waals surface area contributed by atoms with E-state index in [1.165, 1.54) is 9.80 Å². The minimum atomic E-state index is -3.59. The van der Waals surface area contributed by atoms with Crippen LogP contribution in [0.2, 0.25) is 23.7 Å². The first-order valence-electron chi connectivity index (χ1n) is 17.8. The molecule has 3 aliphatic heterocycles. The van der Waals surface area contributed by atoms with Gasteiger partial charge in [0.2, 0.25) is 14.3 Å². The highest BCUT2D eigenvalue weighted by Gasteiger charge is 2.67. The molecule has 3 aromatic carbocycles. The molecular weight excluding hydrogens is 741 g/mol. The summed E-state index contributed by atoms with van der Waals surface area (Å²) in [6, 6.07) is 20.8. The average Bonchev–Trinajstić information content (AvgIpc) is 3.55. The Hall–Kier alpha value is -3.77. The zero-order valence-corrected chi connectivity index (χ0v) is 31.8. The summed E-state index contributed by atoms with van der Waals surface area (Å²) < 4.78 is 28.1. The number of nitrogens with one attached hydrogen (secondary N) is 1. The van der Waals surface area contributed by atoms with Gasteiger partial charge in [-0.1, -0.05) is 61.0 Å². The lowest BCUT2D eigenvalue weighted by Gasteiger charge is -2.37. The number of ether oxygens (including phenoxy) is 2. The van der Waals surface area contributed by atoms with Crippen LogP contribution in [0.3, 0.4) is 0 Å². The molecule has 0 bridgehead atoms. The number of hydrogen-bond donors (Lipinski definition) is 6. The lowest BCUT2D eigenvalue weighted by atomic mass is 9.82. The highest BCUT2D eigenvalue weighted by Crippen LogP contribution is 2.60. The van der Waals surface area contributed by atoms with Crippen LogP contribution in [0.4, 0.5) is 15.5 Å². The molecule has 13 nitrogen and oxygen atoms in total. The van der Waals surface area contributed by atoms with Crippen molar-refractivity contribution in [2.24, 2.45) is 5.92 Å². The lowest BCUT2D eigenvalue weighted by molar-refractivity contribution is -0.274. The van der Waals surface area contributed by atoms with E-state index in [0.717, 1.165) is 5.56 Å². The summed E-state index contributed by atoms with van der Waals surface area (Å²) >= 11 is 6.50. The first kappa shape index (κ1) is 39.9. The van der Waals surface area contributed by atoms with Gasteiger partial charge in [0, 0.05) is 40.8 Å². The van der Waals surface area contributed by atoms with E-state index in [1.54, 1.807) is 62.5 Å². The molecule has 3 amide bonds. The number of carbonyl (C=O) groups excluding carboxylic acids is 3. The summed E-state index contributed by atoms with van der Waals surface area (Å²) in [4.78, 5) is 44.5. The molecule has 2 fully saturated rings. The number of hydrogen-bond acceptors (Lipinski definition) is 10. The zero-order chi connectivity index (χ0) is 39.1. The number of fused-ring (bicyclic) bond motifs is 2. The number of carbonyl (C=O) groups is 3. The van der Waals surface area contributed by atoms with Crippen LogP contribution in [0.1, 0.15) is 30.0 Å². The fraction of sp³-hybridized carbons (Fsp3) is 0.447. The molecule has 290 valence electrons. The summed E-state index contributed by atoms with van der Waals surface area (Å²) in [5.74, 6) is -2.30. The number of halogens is 2. The van der Waals surface area contributed by atoms with Crippen LogP contribution in [0.5, 0.6) is 0 Å². The van der Waals surface area contributed by atoms with Gasteiger partial charge in [-0.05, 0) is 54.6 Å². The van der Waals surface area contributed by atoms with Crippen molar-refractivity contribution < 1.29 is 53.5 Å². The summed E-state index contributed by atoms with van der Waals surface area (Å²) in [5, 5.41) is 52.4. The molecule has 0 radical (unpaired) electrons. The molecule has 3 heterocycles. The Kier molecular flexibility index (Phi) is 11.6. The summed E-state index contributed by atoms with van der Waals surface area (Å²) in [5.41, 5.74) is 0.420. The largest absolute Gasteiger partial charge is 0.395 e. The van der Waals surface area contributed by atoms with Crippen LogP contribution in [-0.4, -0.2) is 107 Å². The monoisotopic (exact) mass is 785 g/mol. The molecule has 6 rings (SSSR count). The lowest BCUT2D eigenvalue weighted by Crippen LogP contribution is -2.60. The number of rotatable bonds is 11. The van der Waals surface area contributed by atoms with Gasteiger partial charge in [-0.15, -0.1) is 0 Å². The third kappa shape index (κ3) is 7.57. The van der Waals surface area contributed by atoms with E-state index in [2.05, 4.69) is 5.32 Å². The Morgan fingerprint density at radius 2 is 1.67 bits per heavy atom. The molecular formula is C38H45ClFN3O10Si. The first-order valence-corrected chi connectivity index (χ1v) is 21.1. The van der Waals surface area contributed by atoms with Crippen LogP contribution in [-0.2, 0) is 42.5 Å². The minimum absolute atomic E-state index is 0.0618. The molecule has 0 aromatic heterocycles. The number of benzene rings is 3. The normalized spacial score (nSPS) is 29.4. The van der Waals surface area contributed by atoms with E-state index in [4.69, 9.17) is 21.1 Å². The second-order valence-electron chi connectivity index (χ2n) is 14.7. The van der Waals surface area contributed by atoms with Gasteiger partial charge in [-0.3, -0.25) is 14.4 Å². The van der Waals surface area contributed by atoms with Crippen LogP contribution in [0, 0.1) is 5.92 Å². The highest BCUT2D eigenvalue weighted by molar-refractivity contribution is 6.72. The van der Waals surface area contributed by atoms with Crippen molar-refractivity contribution in [1.82, 2.24) is 4.90 Å². The van der Waals surface area contributed by atoms with Gasteiger partial charge < -0.3 is 54.2 Å². The van der Waals surface area contributed by atoms with Crippen molar-refractivity contribution in [2.45, 2.75) is 87.5 Å². The first-order chi connectivity index (χ1) is 25.6. The van der Waals surface area contributed by atoms with Crippen molar-refractivity contribution in [2.75, 3.05) is 23.4 Å². The van der Waals surface area contributed by atoms with Gasteiger partial charge in [-0.25, -0.2) is 0 Å². The van der Waals surface area contributed by atoms with Gasteiger partial charge in [0.15, 0.2) is 18.0 Å². The van der Waals surface area contributed by atoms with Crippen LogP contribution in [0.15, 0.2) is 72.8 Å². The summed E-state index contributed by atoms with van der Waals surface area (Å²) in [6.07, 6.45) is -10.0. The number of nitrogens with zero attached hydrogens (tertiary/aromatic N) is 2. The second-order valence-corrected chi connectivity index (χ2v) is 18.9. The fourth-order valence-corrected chi connectivity index (χ4v) is 10.7. The Morgan fingerprint density at radius 1 is 0.981 bits per heavy atom. The van der Waals surface area contributed by atoms with Gasteiger partial charge in [0.25, 0.3) is 11.8 Å². The maximum Gasteiger partial charge on any atom is 0.264 e. The predicted molar refractivity (Wildman–Crippen MR) is 198 cm³/mol. The molecule has 1 spiro atoms. The molecule has 16 heteroatoms. The Bertz CT molecular complexity index is 1850. The second kappa shape index (κ2) is 15.8. The van der Waals surface area contributed by atoms with Crippen molar-refractivity contribution >= 4 is 49.1 Å². The van der Waals surface area contributed by atoms with Gasteiger partial charge in [0.05, 0.1) is 31.4 Å². The summed E-state index contributed by atoms with van der Waals surface area (Å²) in [7, 11) is -3.59. The number of aliphatic hydroxyl groups is 5. The molecule has 0 saturated carbocycles. The van der Waals surface area contributed by atoms with E-state index in [-0.39, 0.29) is 44.3 Å². The average molecular weight is 786 g/mol. The van der Waals surface area contributed by atoms with Crippen molar-refractivity contribution in [1.29, 1.82) is 0 Å². The molecule has 3 aliphatic rings. The third-order valence-corrected chi connectivity index (χ3v) is 13.3. The SMILES string of the molecule is C[C@H]1[C@H]([Si](C)(C)F)[C@@H](CC(=O)N(CCO)Cc2ccccc2)O[C@]12C(=O)N(Cc1ccc(NC(=O)[C@H]3O[C@@H](O)[C@H](O)[C@@H](O)[C@@H]3O)cc1)c1ccc(Cl)cc12. The molecule has 0 unspecified atom stereocenters. The molecule has 54 heavy (non-hydrogen) atoms. The highest BCUT2D eigenvalue weighted by atomic mass is 35.5. The standard InChI is InChI=1S/C38H45ClFN3O10Si/c1-21-34(54(2,3)40)28(18-29(45)42(15-16-44)19-22-7-5-4-6-8-22)53-38(21)26-17-24(39)11-14-27(26)43(37(38)51)20-23-9-12-25(13-10-23)41-35(49)33-31(47)30(46)32(48)36(50)52-33/h4-14,17,21,28,30-34,36,44,46-48,50H,15-16,18-20H2,1-3H3,(H,41,49)/t21-,28+,30-,31-,32+,33-,34-,36+,38+/m0/s1. The smallest absolute Gasteiger partial charge is 0.264 e. The van der Waals surface area contributed by atoms with Gasteiger partial charge in [-0.2, -0.15) is 0 Å². The van der Waals surface area contributed by atoms with E-state index < -0.39 is 74.1 Å². The van der Waals surface area contributed by atoms with Gasteiger partial charge in [0.1, 0.15) is 18.3 Å². The van der Waals surface area contributed by atoms with E-state index in [9.17, 15) is 39.9 Å². The van der Waals surface area contributed by atoms with Gasteiger partial charge >= 0.3 is 0 Å². The third-order valence-electron chi connectivity index (χ3n) is 10.6. The molecule has 3 aromatic rings. The van der Waals surface area contributed by atoms with Crippen molar-refractivity contribution in [3.63, 3.8) is 0 Å². The minimum Gasteiger partial charge on any atom is -0.395 e. The van der Waals surface area contributed by atoms with E-state index in [1.807, 2.05) is 30.3 Å². The van der Waals surface area contributed by atoms with Crippen LogP contribution < -0.4 is 10.2 Å². The Labute approximate surface area is 318 Å². The Morgan fingerprint density at radius 3 is 2.31 bits per heavy atom. The zero-order valence-electron chi connectivity index (χ0n) is 30.0. The fourth-order valence-electron chi connectivity index (χ4n) is 8.06. The number of aliphatic hydroxyl groups excluding tert-OH is 5. The number of anilines is 2. The maximum atomic E-state index is 16.4. The van der Waals surface area contributed by atoms with E-state index in [0.29, 0.717) is 21.8 Å². The van der Waals surface area contributed by atoms with Crippen molar-refractivity contribution in [3.8, 4) is 0 Å². The maximum absolute atomic E-state index is 16.4. The van der Waals surface area contributed by atoms with E-state index >= 15 is 4.11 Å². The molecule has 9 atom stereocenters. The number of amides is 3. The van der Waals surface area contributed by atoms with Crippen LogP contribution in [0.25, 0.3) is 0 Å². The van der Waals surface area contributed by atoms with Crippen LogP contribution >= 0.6 is 11.6 Å². The topological polar surface area (TPSA) is 189 Å². The molecule has 0 aliphatic carbocycles. The molecule has 2 saturated heterocycles.